The Balaban J connectivity index is 3.24. The van der Waals surface area contributed by atoms with E-state index in [0.29, 0.717) is 0 Å². The van der Waals surface area contributed by atoms with E-state index < -0.39 is 29.4 Å². The third-order valence-electron chi connectivity index (χ3n) is 1.37. The molecule has 0 atom stereocenters. The van der Waals surface area contributed by atoms with Gasteiger partial charge in [0.2, 0.25) is 5.88 Å². The molecule has 0 radical (unpaired) electrons. The SMILES string of the molecule is FC(F)c1c(Br)cc(Cl)nc1OC(F)(F)F. The number of rotatable bonds is 2. The number of aromatic nitrogens is 1. The van der Waals surface area contributed by atoms with Gasteiger partial charge in [-0.15, -0.1) is 13.2 Å². The lowest BCUT2D eigenvalue weighted by Crippen LogP contribution is -2.19. The summed E-state index contributed by atoms with van der Waals surface area (Å²) < 4.78 is 63.6. The van der Waals surface area contributed by atoms with E-state index in [2.05, 4.69) is 25.7 Å². The Morgan fingerprint density at radius 2 is 1.94 bits per heavy atom. The molecule has 1 rings (SSSR count). The summed E-state index contributed by atoms with van der Waals surface area (Å²) >= 11 is 7.98. The molecule has 0 aliphatic heterocycles. The van der Waals surface area contributed by atoms with Gasteiger partial charge < -0.3 is 4.74 Å². The Kier molecular flexibility index (Phi) is 3.95. The van der Waals surface area contributed by atoms with Crippen molar-refractivity contribution in [2.24, 2.45) is 0 Å². The Hall–Kier alpha value is -0.630. The second kappa shape index (κ2) is 4.70. The van der Waals surface area contributed by atoms with Gasteiger partial charge in [0.05, 0.1) is 5.56 Å². The van der Waals surface area contributed by atoms with Crippen molar-refractivity contribution in [3.63, 3.8) is 0 Å². The van der Waals surface area contributed by atoms with Gasteiger partial charge >= 0.3 is 6.36 Å². The number of halogens is 7. The van der Waals surface area contributed by atoms with Gasteiger partial charge in [-0.2, -0.15) is 0 Å². The summed E-state index contributed by atoms with van der Waals surface area (Å²) in [5, 5.41) is -0.393. The molecule has 0 aromatic carbocycles. The van der Waals surface area contributed by atoms with Crippen LogP contribution in [-0.2, 0) is 0 Å². The maximum Gasteiger partial charge on any atom is 0.574 e. The van der Waals surface area contributed by atoms with Crippen LogP contribution in [0.5, 0.6) is 5.88 Å². The largest absolute Gasteiger partial charge is 0.574 e. The molecule has 9 heteroatoms. The molecule has 1 aromatic rings. The summed E-state index contributed by atoms with van der Waals surface area (Å²) in [6.07, 6.45) is -8.28. The summed E-state index contributed by atoms with van der Waals surface area (Å²) in [5.74, 6) is -1.26. The van der Waals surface area contributed by atoms with Crippen molar-refractivity contribution in [2.45, 2.75) is 12.8 Å². The fourth-order valence-corrected chi connectivity index (χ4v) is 1.74. The summed E-state index contributed by atoms with van der Waals surface area (Å²) in [6, 6.07) is 0.951. The molecule has 1 aromatic heterocycles. The van der Waals surface area contributed by atoms with Crippen molar-refractivity contribution in [2.75, 3.05) is 0 Å². The van der Waals surface area contributed by atoms with Crippen LogP contribution in [0.15, 0.2) is 10.5 Å². The van der Waals surface area contributed by atoms with Gasteiger partial charge in [0, 0.05) is 4.47 Å². The molecule has 0 bridgehead atoms. The van der Waals surface area contributed by atoms with Crippen LogP contribution in [0.2, 0.25) is 5.15 Å². The highest BCUT2D eigenvalue weighted by molar-refractivity contribution is 9.10. The Labute approximate surface area is 99.5 Å². The van der Waals surface area contributed by atoms with Gasteiger partial charge in [-0.05, 0) is 22.0 Å². The van der Waals surface area contributed by atoms with Crippen LogP contribution in [0.1, 0.15) is 12.0 Å². The van der Waals surface area contributed by atoms with E-state index in [1.807, 2.05) is 0 Å². The van der Waals surface area contributed by atoms with Gasteiger partial charge in [-0.1, -0.05) is 11.6 Å². The van der Waals surface area contributed by atoms with Crippen molar-refractivity contribution in [1.29, 1.82) is 0 Å². The van der Waals surface area contributed by atoms with E-state index in [1.165, 1.54) is 0 Å². The first-order valence-electron chi connectivity index (χ1n) is 3.60. The van der Waals surface area contributed by atoms with Crippen LogP contribution >= 0.6 is 27.5 Å². The van der Waals surface area contributed by atoms with Crippen LogP contribution in [0, 0.1) is 0 Å². The zero-order valence-corrected chi connectivity index (χ0v) is 9.50. The minimum Gasteiger partial charge on any atom is -0.387 e. The number of pyridine rings is 1. The van der Waals surface area contributed by atoms with E-state index in [0.717, 1.165) is 6.07 Å². The van der Waals surface area contributed by atoms with Gasteiger partial charge in [0.15, 0.2) is 0 Å². The summed E-state index contributed by atoms with van der Waals surface area (Å²) in [6.45, 7) is 0. The number of ether oxygens (including phenoxy) is 1. The summed E-state index contributed by atoms with van der Waals surface area (Å²) in [7, 11) is 0. The maximum atomic E-state index is 12.4. The molecule has 0 aliphatic carbocycles. The Bertz CT molecular complexity index is 397. The fraction of sp³-hybridized carbons (Fsp3) is 0.286. The van der Waals surface area contributed by atoms with E-state index in [4.69, 9.17) is 11.6 Å². The zero-order valence-electron chi connectivity index (χ0n) is 7.16. The number of hydrogen-bond donors (Lipinski definition) is 0. The van der Waals surface area contributed by atoms with Crippen molar-refractivity contribution in [3.8, 4) is 5.88 Å². The normalized spacial score (nSPS) is 12.0. The topological polar surface area (TPSA) is 22.1 Å². The third-order valence-corrected chi connectivity index (χ3v) is 2.22. The highest BCUT2D eigenvalue weighted by atomic mass is 79.9. The molecule has 90 valence electrons. The molecule has 0 unspecified atom stereocenters. The van der Waals surface area contributed by atoms with Crippen molar-refractivity contribution in [3.05, 3.63) is 21.3 Å². The Morgan fingerprint density at radius 1 is 1.38 bits per heavy atom. The number of hydrogen-bond acceptors (Lipinski definition) is 2. The molecule has 2 nitrogen and oxygen atoms in total. The lowest BCUT2D eigenvalue weighted by molar-refractivity contribution is -0.276. The highest BCUT2D eigenvalue weighted by Crippen LogP contribution is 2.37. The molecular weight excluding hydrogens is 324 g/mol. The van der Waals surface area contributed by atoms with Crippen LogP contribution in [0.3, 0.4) is 0 Å². The molecule has 16 heavy (non-hydrogen) atoms. The summed E-state index contributed by atoms with van der Waals surface area (Å²) in [4.78, 5) is 3.05. The van der Waals surface area contributed by atoms with Gasteiger partial charge in [-0.25, -0.2) is 13.8 Å². The molecule has 0 saturated carbocycles. The predicted octanol–water partition coefficient (Wildman–Crippen LogP) is 4.33. The fourth-order valence-electron chi connectivity index (χ4n) is 0.859. The van der Waals surface area contributed by atoms with E-state index in [-0.39, 0.29) is 4.47 Å². The summed E-state index contributed by atoms with van der Waals surface area (Å²) in [5.41, 5.74) is -0.998. The van der Waals surface area contributed by atoms with Gasteiger partial charge in [0.1, 0.15) is 5.15 Å². The monoisotopic (exact) mass is 325 g/mol. The molecule has 0 saturated heterocycles. The van der Waals surface area contributed by atoms with Crippen LogP contribution in [0.25, 0.3) is 0 Å². The van der Waals surface area contributed by atoms with E-state index >= 15 is 0 Å². The number of nitrogens with zero attached hydrogens (tertiary/aromatic N) is 1. The predicted molar refractivity (Wildman–Crippen MR) is 48.6 cm³/mol. The lowest BCUT2D eigenvalue weighted by atomic mass is 10.3. The zero-order chi connectivity index (χ0) is 12.5. The Morgan fingerprint density at radius 3 is 2.38 bits per heavy atom. The van der Waals surface area contributed by atoms with Crippen molar-refractivity contribution in [1.82, 2.24) is 4.98 Å². The standard InChI is InChI=1S/C7H2BrClF5NO/c8-2-1-3(9)15-6(4(2)5(10)11)16-7(12,13)14/h1,5H. The highest BCUT2D eigenvalue weighted by Gasteiger charge is 2.35. The third kappa shape index (κ3) is 3.44. The van der Waals surface area contributed by atoms with Crippen LogP contribution in [-0.4, -0.2) is 11.3 Å². The molecule has 0 N–H and O–H groups in total. The average Bonchev–Trinajstić information content (AvgIpc) is 1.96. The second-order valence-corrected chi connectivity index (χ2v) is 3.74. The van der Waals surface area contributed by atoms with E-state index in [1.54, 1.807) is 0 Å². The molecule has 1 heterocycles. The van der Waals surface area contributed by atoms with Crippen molar-refractivity contribution < 1.29 is 26.7 Å². The first-order valence-corrected chi connectivity index (χ1v) is 4.77. The minimum absolute atomic E-state index is 0.304. The first kappa shape index (κ1) is 13.4. The van der Waals surface area contributed by atoms with Crippen LogP contribution in [0.4, 0.5) is 22.0 Å². The maximum absolute atomic E-state index is 12.4. The molecule has 0 aliphatic rings. The molecule has 0 spiro atoms. The lowest BCUT2D eigenvalue weighted by Gasteiger charge is -2.13. The van der Waals surface area contributed by atoms with Gasteiger partial charge in [0.25, 0.3) is 6.43 Å². The minimum atomic E-state index is -5.11. The second-order valence-electron chi connectivity index (χ2n) is 2.49. The van der Waals surface area contributed by atoms with Gasteiger partial charge in [-0.3, -0.25) is 0 Å². The number of alkyl halides is 5. The first-order chi connectivity index (χ1) is 7.20. The van der Waals surface area contributed by atoms with E-state index in [9.17, 15) is 22.0 Å². The molecular formula is C7H2BrClF5NO. The molecule has 0 amide bonds. The quantitative estimate of drug-likeness (QED) is 0.596. The van der Waals surface area contributed by atoms with Crippen molar-refractivity contribution >= 4 is 27.5 Å². The van der Waals surface area contributed by atoms with Crippen LogP contribution < -0.4 is 4.74 Å². The average molecular weight is 326 g/mol. The molecule has 0 fully saturated rings. The smallest absolute Gasteiger partial charge is 0.387 e.